The van der Waals surface area contributed by atoms with Gasteiger partial charge >= 0.3 is 0 Å². The Morgan fingerprint density at radius 1 is 1.33 bits per heavy atom. The van der Waals surface area contributed by atoms with Crippen LogP contribution in [0.3, 0.4) is 0 Å². The number of hydrogen-bond donors (Lipinski definition) is 0. The molecule has 0 heterocycles. The molecule has 0 aliphatic heterocycles. The van der Waals surface area contributed by atoms with Gasteiger partial charge in [-0.2, -0.15) is 0 Å². The molecule has 1 nitrogen and oxygen atoms in total. The maximum Gasteiger partial charge on any atom is 0.0575 e. The molecule has 1 rings (SSSR count). The first-order valence-corrected chi connectivity index (χ1v) is 4.21. The molecule has 1 saturated carbocycles. The van der Waals surface area contributed by atoms with E-state index in [1.165, 1.54) is 25.7 Å². The molecule has 0 N–H and O–H groups in total. The Hall–Kier alpha value is 0.310. The van der Waals surface area contributed by atoms with Crippen LogP contribution < -0.4 is 0 Å². The van der Waals surface area contributed by atoms with E-state index in [4.69, 9.17) is 17.4 Å². The lowest BCUT2D eigenvalue weighted by Gasteiger charge is -2.07. The lowest BCUT2D eigenvalue weighted by Crippen LogP contribution is -2.08. The molecular formula is C7H13OS. The van der Waals surface area contributed by atoms with Crippen molar-refractivity contribution in [2.45, 2.75) is 31.8 Å². The van der Waals surface area contributed by atoms with Crippen molar-refractivity contribution < 1.29 is 4.74 Å². The van der Waals surface area contributed by atoms with E-state index < -0.39 is 0 Å². The Labute approximate surface area is 62.2 Å². The van der Waals surface area contributed by atoms with E-state index in [1.807, 2.05) is 0 Å². The van der Waals surface area contributed by atoms with Gasteiger partial charge < -0.3 is 4.74 Å². The van der Waals surface area contributed by atoms with Crippen LogP contribution in [-0.4, -0.2) is 18.5 Å². The molecule has 53 valence electrons. The van der Waals surface area contributed by atoms with Gasteiger partial charge in [0.25, 0.3) is 0 Å². The summed E-state index contributed by atoms with van der Waals surface area (Å²) >= 11 is 4.76. The maximum absolute atomic E-state index is 5.45. The van der Waals surface area contributed by atoms with E-state index in [0.29, 0.717) is 6.10 Å². The molecule has 1 aliphatic rings. The Morgan fingerprint density at radius 3 is 2.56 bits per heavy atom. The summed E-state index contributed by atoms with van der Waals surface area (Å²) in [5, 5.41) is 0. The van der Waals surface area contributed by atoms with Gasteiger partial charge in [0.1, 0.15) is 0 Å². The molecule has 1 aliphatic carbocycles. The molecule has 0 unspecified atom stereocenters. The molecule has 0 aromatic heterocycles. The zero-order valence-electron chi connectivity index (χ0n) is 5.64. The molecule has 0 spiro atoms. The first-order valence-electron chi connectivity index (χ1n) is 3.63. The summed E-state index contributed by atoms with van der Waals surface area (Å²) in [5.74, 6) is 0.747. The summed E-state index contributed by atoms with van der Waals surface area (Å²) in [4.78, 5) is 0. The SMILES string of the molecule is [S]CCOC1CCCC1. The summed E-state index contributed by atoms with van der Waals surface area (Å²) in [6.07, 6.45) is 5.77. The third-order valence-corrected chi connectivity index (χ3v) is 1.91. The van der Waals surface area contributed by atoms with Crippen LogP contribution in [0.2, 0.25) is 0 Å². The summed E-state index contributed by atoms with van der Waals surface area (Å²) in [5.41, 5.74) is 0. The van der Waals surface area contributed by atoms with Crippen LogP contribution >= 0.6 is 12.6 Å². The minimum Gasteiger partial charge on any atom is -0.377 e. The standard InChI is InChI=1S/C7H13OS/c9-6-5-8-7-3-1-2-4-7/h7H,1-6H2. The van der Waals surface area contributed by atoms with Gasteiger partial charge in [-0.25, -0.2) is 0 Å². The molecule has 1 fully saturated rings. The van der Waals surface area contributed by atoms with Crippen LogP contribution in [0.15, 0.2) is 0 Å². The molecule has 0 amide bonds. The van der Waals surface area contributed by atoms with E-state index in [1.54, 1.807) is 0 Å². The van der Waals surface area contributed by atoms with Gasteiger partial charge in [-0.3, -0.25) is 0 Å². The lowest BCUT2D eigenvalue weighted by molar-refractivity contribution is 0.0705. The highest BCUT2D eigenvalue weighted by Gasteiger charge is 2.13. The fraction of sp³-hybridized carbons (Fsp3) is 1.00. The first-order chi connectivity index (χ1) is 4.43. The van der Waals surface area contributed by atoms with Crippen molar-refractivity contribution in [1.29, 1.82) is 0 Å². The highest BCUT2D eigenvalue weighted by atomic mass is 32.1. The molecule has 1 radical (unpaired) electrons. The van der Waals surface area contributed by atoms with Crippen LogP contribution in [-0.2, 0) is 4.74 Å². The minimum absolute atomic E-state index is 0.549. The Balaban J connectivity index is 1.98. The second kappa shape index (κ2) is 4.18. The van der Waals surface area contributed by atoms with Crippen molar-refractivity contribution in [3.8, 4) is 0 Å². The molecular weight excluding hydrogens is 132 g/mol. The third kappa shape index (κ3) is 2.59. The number of ether oxygens (including phenoxy) is 1. The van der Waals surface area contributed by atoms with Crippen molar-refractivity contribution in [2.24, 2.45) is 0 Å². The summed E-state index contributed by atoms with van der Waals surface area (Å²) in [6, 6.07) is 0. The predicted molar refractivity (Wildman–Crippen MR) is 40.7 cm³/mol. The summed E-state index contributed by atoms with van der Waals surface area (Å²) in [6.45, 7) is 0.778. The fourth-order valence-corrected chi connectivity index (χ4v) is 1.37. The molecule has 0 atom stereocenters. The predicted octanol–water partition coefficient (Wildman–Crippen LogP) is 2.14. The van der Waals surface area contributed by atoms with Crippen LogP contribution in [0.5, 0.6) is 0 Å². The molecule has 9 heavy (non-hydrogen) atoms. The second-order valence-corrected chi connectivity index (χ2v) is 2.89. The number of hydrogen-bond acceptors (Lipinski definition) is 1. The average Bonchev–Trinajstić information content (AvgIpc) is 2.34. The normalized spacial score (nSPS) is 21.0. The van der Waals surface area contributed by atoms with Crippen LogP contribution in [0.4, 0.5) is 0 Å². The lowest BCUT2D eigenvalue weighted by atomic mass is 10.3. The summed E-state index contributed by atoms with van der Waals surface area (Å²) < 4.78 is 5.45. The Kier molecular flexibility index (Phi) is 3.44. The largest absolute Gasteiger partial charge is 0.377 e. The van der Waals surface area contributed by atoms with E-state index in [-0.39, 0.29) is 0 Å². The topological polar surface area (TPSA) is 9.23 Å². The van der Waals surface area contributed by atoms with Gasteiger partial charge in [0.2, 0.25) is 0 Å². The van der Waals surface area contributed by atoms with Gasteiger partial charge in [-0.05, 0) is 12.8 Å². The average molecular weight is 145 g/mol. The van der Waals surface area contributed by atoms with Crippen molar-refractivity contribution in [3.63, 3.8) is 0 Å². The van der Waals surface area contributed by atoms with Crippen LogP contribution in [0.25, 0.3) is 0 Å². The highest BCUT2D eigenvalue weighted by Crippen LogP contribution is 2.20. The van der Waals surface area contributed by atoms with Gasteiger partial charge in [0, 0.05) is 5.75 Å². The monoisotopic (exact) mass is 145 g/mol. The Bertz CT molecular complexity index is 69.3. The second-order valence-electron chi connectivity index (χ2n) is 2.48. The van der Waals surface area contributed by atoms with Crippen molar-refractivity contribution in [1.82, 2.24) is 0 Å². The van der Waals surface area contributed by atoms with E-state index in [2.05, 4.69) is 0 Å². The Morgan fingerprint density at radius 2 is 2.00 bits per heavy atom. The van der Waals surface area contributed by atoms with Gasteiger partial charge in [0.05, 0.1) is 12.7 Å². The van der Waals surface area contributed by atoms with Crippen LogP contribution in [0, 0.1) is 0 Å². The quantitative estimate of drug-likeness (QED) is 0.591. The molecule has 0 saturated heterocycles. The van der Waals surface area contributed by atoms with Crippen LogP contribution in [0.1, 0.15) is 25.7 Å². The molecule has 0 aromatic rings. The zero-order valence-corrected chi connectivity index (χ0v) is 6.45. The van der Waals surface area contributed by atoms with Gasteiger partial charge in [-0.15, -0.1) is 0 Å². The third-order valence-electron chi connectivity index (χ3n) is 1.74. The van der Waals surface area contributed by atoms with Crippen molar-refractivity contribution >= 4 is 12.6 Å². The van der Waals surface area contributed by atoms with Crippen molar-refractivity contribution in [2.75, 3.05) is 12.4 Å². The summed E-state index contributed by atoms with van der Waals surface area (Å²) in [7, 11) is 0. The molecule has 0 aromatic carbocycles. The minimum atomic E-state index is 0.549. The smallest absolute Gasteiger partial charge is 0.0575 e. The zero-order chi connectivity index (χ0) is 6.53. The first kappa shape index (κ1) is 7.42. The van der Waals surface area contributed by atoms with E-state index in [0.717, 1.165) is 12.4 Å². The number of rotatable bonds is 3. The molecule has 2 heteroatoms. The van der Waals surface area contributed by atoms with Gasteiger partial charge in [-0.1, -0.05) is 25.5 Å². The highest BCUT2D eigenvalue weighted by molar-refractivity contribution is 7.80. The van der Waals surface area contributed by atoms with Gasteiger partial charge in [0.15, 0.2) is 0 Å². The maximum atomic E-state index is 5.45. The fourth-order valence-electron chi connectivity index (χ4n) is 1.27. The molecule has 0 bridgehead atoms. The van der Waals surface area contributed by atoms with Crippen molar-refractivity contribution in [3.05, 3.63) is 0 Å². The van der Waals surface area contributed by atoms with E-state index >= 15 is 0 Å². The van der Waals surface area contributed by atoms with E-state index in [9.17, 15) is 0 Å².